The molecule has 3 nitrogen and oxygen atoms in total. The zero-order valence-electron chi connectivity index (χ0n) is 9.24. The Balaban J connectivity index is 1.78. The van der Waals surface area contributed by atoms with Crippen LogP contribution in [-0.4, -0.2) is 50.0 Å². The molecule has 1 fully saturated rings. The highest BCUT2D eigenvalue weighted by atomic mass is 16.5. The Labute approximate surface area is 87.1 Å². The van der Waals surface area contributed by atoms with E-state index in [1.807, 2.05) is 0 Å². The lowest BCUT2D eigenvalue weighted by Crippen LogP contribution is -2.24. The molecule has 0 amide bonds. The average molecular weight is 201 g/mol. The van der Waals surface area contributed by atoms with Gasteiger partial charge in [-0.15, -0.1) is 0 Å². The average Bonchev–Trinajstić information content (AvgIpc) is 2.97. The van der Waals surface area contributed by atoms with Crippen molar-refractivity contribution >= 4 is 0 Å². The van der Waals surface area contributed by atoms with Crippen molar-refractivity contribution in [3.63, 3.8) is 0 Å². The fraction of sp³-hybridized carbons (Fsp3) is 1.00. The van der Waals surface area contributed by atoms with E-state index in [9.17, 15) is 0 Å². The summed E-state index contributed by atoms with van der Waals surface area (Å²) >= 11 is 0. The van der Waals surface area contributed by atoms with Crippen LogP contribution in [0.1, 0.15) is 25.7 Å². The minimum absolute atomic E-state index is 0.312. The highest BCUT2D eigenvalue weighted by Gasteiger charge is 2.20. The lowest BCUT2D eigenvalue weighted by molar-refractivity contribution is 0.102. The Morgan fingerprint density at radius 1 is 1.29 bits per heavy atom. The van der Waals surface area contributed by atoms with Crippen LogP contribution in [0, 0.1) is 5.92 Å². The van der Waals surface area contributed by atoms with E-state index in [0.29, 0.717) is 6.61 Å². The van der Waals surface area contributed by atoms with Crippen LogP contribution in [0.4, 0.5) is 0 Å². The van der Waals surface area contributed by atoms with Crippen molar-refractivity contribution in [2.75, 3.05) is 40.0 Å². The molecule has 0 atom stereocenters. The van der Waals surface area contributed by atoms with Crippen LogP contribution in [0.3, 0.4) is 0 Å². The molecule has 0 aromatic heterocycles. The molecule has 0 unspecified atom stereocenters. The maximum absolute atomic E-state index is 8.62. The van der Waals surface area contributed by atoms with Crippen LogP contribution in [0.2, 0.25) is 0 Å². The highest BCUT2D eigenvalue weighted by molar-refractivity contribution is 4.71. The second kappa shape index (κ2) is 7.21. The fourth-order valence-electron chi connectivity index (χ4n) is 1.36. The zero-order chi connectivity index (χ0) is 10.2. The van der Waals surface area contributed by atoms with Crippen LogP contribution in [0.15, 0.2) is 0 Å². The van der Waals surface area contributed by atoms with Gasteiger partial charge in [0.25, 0.3) is 0 Å². The first kappa shape index (κ1) is 12.0. The molecule has 1 aliphatic carbocycles. The first-order chi connectivity index (χ1) is 6.83. The third kappa shape index (κ3) is 6.35. The number of unbranched alkanes of at least 4 members (excludes halogenated alkanes) is 1. The van der Waals surface area contributed by atoms with Crippen molar-refractivity contribution in [2.24, 2.45) is 5.92 Å². The SMILES string of the molecule is CN(CCCCO)CCOCC1CC1. The largest absolute Gasteiger partial charge is 0.396 e. The maximum atomic E-state index is 8.62. The molecule has 0 heterocycles. The van der Waals surface area contributed by atoms with Crippen LogP contribution < -0.4 is 0 Å². The molecule has 0 saturated heterocycles. The monoisotopic (exact) mass is 201 g/mol. The van der Waals surface area contributed by atoms with Crippen molar-refractivity contribution in [1.29, 1.82) is 0 Å². The molecule has 0 aromatic carbocycles. The number of hydrogen-bond donors (Lipinski definition) is 1. The highest BCUT2D eigenvalue weighted by Crippen LogP contribution is 2.28. The number of aliphatic hydroxyl groups is 1. The second-order valence-electron chi connectivity index (χ2n) is 4.25. The minimum atomic E-state index is 0.312. The lowest BCUT2D eigenvalue weighted by Gasteiger charge is -2.15. The molecule has 1 saturated carbocycles. The van der Waals surface area contributed by atoms with Crippen molar-refractivity contribution in [2.45, 2.75) is 25.7 Å². The summed E-state index contributed by atoms with van der Waals surface area (Å²) in [5.41, 5.74) is 0. The van der Waals surface area contributed by atoms with Gasteiger partial charge in [-0.2, -0.15) is 0 Å². The van der Waals surface area contributed by atoms with Gasteiger partial charge in [0.05, 0.1) is 6.61 Å². The summed E-state index contributed by atoms with van der Waals surface area (Å²) in [6.45, 7) is 4.20. The van der Waals surface area contributed by atoms with E-state index in [2.05, 4.69) is 11.9 Å². The summed E-state index contributed by atoms with van der Waals surface area (Å²) < 4.78 is 5.54. The van der Waals surface area contributed by atoms with Crippen LogP contribution >= 0.6 is 0 Å². The standard InChI is InChI=1S/C11H23NO2/c1-12(6-2-3-8-13)7-9-14-10-11-4-5-11/h11,13H,2-10H2,1H3. The molecule has 1 N–H and O–H groups in total. The van der Waals surface area contributed by atoms with Crippen molar-refractivity contribution < 1.29 is 9.84 Å². The van der Waals surface area contributed by atoms with Crippen LogP contribution in [-0.2, 0) is 4.74 Å². The summed E-state index contributed by atoms with van der Waals surface area (Å²) in [5.74, 6) is 0.870. The van der Waals surface area contributed by atoms with Crippen molar-refractivity contribution in [1.82, 2.24) is 4.90 Å². The molecule has 0 aromatic rings. The van der Waals surface area contributed by atoms with E-state index >= 15 is 0 Å². The van der Waals surface area contributed by atoms with E-state index in [4.69, 9.17) is 9.84 Å². The van der Waals surface area contributed by atoms with Gasteiger partial charge in [0.2, 0.25) is 0 Å². The first-order valence-corrected chi connectivity index (χ1v) is 5.70. The van der Waals surface area contributed by atoms with Gasteiger partial charge >= 0.3 is 0 Å². The molecular weight excluding hydrogens is 178 g/mol. The topological polar surface area (TPSA) is 32.7 Å². The van der Waals surface area contributed by atoms with Gasteiger partial charge in [0, 0.05) is 19.8 Å². The molecule has 0 aliphatic heterocycles. The second-order valence-corrected chi connectivity index (χ2v) is 4.25. The molecule has 0 radical (unpaired) electrons. The maximum Gasteiger partial charge on any atom is 0.0593 e. The molecule has 84 valence electrons. The summed E-state index contributed by atoms with van der Waals surface area (Å²) in [5, 5.41) is 8.62. The Kier molecular flexibility index (Phi) is 6.15. The molecule has 1 rings (SSSR count). The molecule has 0 bridgehead atoms. The Hall–Kier alpha value is -0.120. The summed E-state index contributed by atoms with van der Waals surface area (Å²) in [4.78, 5) is 2.27. The van der Waals surface area contributed by atoms with Gasteiger partial charge in [-0.05, 0) is 45.2 Å². The third-order valence-electron chi connectivity index (χ3n) is 2.62. The normalized spacial score (nSPS) is 16.5. The van der Waals surface area contributed by atoms with Gasteiger partial charge in [0.1, 0.15) is 0 Å². The summed E-state index contributed by atoms with van der Waals surface area (Å²) in [7, 11) is 2.11. The number of rotatable bonds is 9. The first-order valence-electron chi connectivity index (χ1n) is 5.70. The number of nitrogens with zero attached hydrogens (tertiary/aromatic N) is 1. The summed E-state index contributed by atoms with van der Waals surface area (Å²) in [6.07, 6.45) is 4.72. The van der Waals surface area contributed by atoms with Gasteiger partial charge < -0.3 is 14.7 Å². The lowest BCUT2D eigenvalue weighted by atomic mass is 10.3. The van der Waals surface area contributed by atoms with Crippen LogP contribution in [0.25, 0.3) is 0 Å². The smallest absolute Gasteiger partial charge is 0.0593 e. The Morgan fingerprint density at radius 3 is 2.71 bits per heavy atom. The van der Waals surface area contributed by atoms with E-state index < -0.39 is 0 Å². The quantitative estimate of drug-likeness (QED) is 0.567. The molecule has 0 spiro atoms. The minimum Gasteiger partial charge on any atom is -0.396 e. The summed E-state index contributed by atoms with van der Waals surface area (Å²) in [6, 6.07) is 0. The molecule has 1 aliphatic rings. The predicted molar refractivity (Wildman–Crippen MR) is 57.4 cm³/mol. The van der Waals surface area contributed by atoms with Gasteiger partial charge in [0.15, 0.2) is 0 Å². The number of ether oxygens (including phenoxy) is 1. The third-order valence-corrected chi connectivity index (χ3v) is 2.62. The van der Waals surface area contributed by atoms with Gasteiger partial charge in [-0.3, -0.25) is 0 Å². The molecule has 3 heteroatoms. The Morgan fingerprint density at radius 2 is 2.07 bits per heavy atom. The fourth-order valence-corrected chi connectivity index (χ4v) is 1.36. The zero-order valence-corrected chi connectivity index (χ0v) is 9.24. The number of aliphatic hydroxyl groups excluding tert-OH is 1. The number of likely N-dealkylation sites (N-methyl/N-ethyl adjacent to an activating group) is 1. The van der Waals surface area contributed by atoms with Crippen LogP contribution in [0.5, 0.6) is 0 Å². The van der Waals surface area contributed by atoms with E-state index in [1.54, 1.807) is 0 Å². The van der Waals surface area contributed by atoms with Crippen molar-refractivity contribution in [3.05, 3.63) is 0 Å². The Bertz CT molecular complexity index is 137. The van der Waals surface area contributed by atoms with E-state index in [0.717, 1.165) is 45.1 Å². The predicted octanol–water partition coefficient (Wildman–Crippen LogP) is 1.12. The number of hydrogen-bond acceptors (Lipinski definition) is 3. The molecular formula is C11H23NO2. The molecule has 14 heavy (non-hydrogen) atoms. The van der Waals surface area contributed by atoms with Crippen molar-refractivity contribution in [3.8, 4) is 0 Å². The van der Waals surface area contributed by atoms with E-state index in [-0.39, 0.29) is 0 Å². The van der Waals surface area contributed by atoms with Gasteiger partial charge in [-0.1, -0.05) is 0 Å². The van der Waals surface area contributed by atoms with E-state index in [1.165, 1.54) is 12.8 Å². The van der Waals surface area contributed by atoms with Gasteiger partial charge in [-0.25, -0.2) is 0 Å².